The topological polar surface area (TPSA) is 82.1 Å². The van der Waals surface area contributed by atoms with Crippen LogP contribution in [0.25, 0.3) is 6.08 Å². The molecule has 1 aliphatic carbocycles. The van der Waals surface area contributed by atoms with Crippen molar-refractivity contribution in [3.05, 3.63) is 39.1 Å². The zero-order valence-corrected chi connectivity index (χ0v) is 18.3. The molecule has 2 aromatic heterocycles. The molecule has 1 fully saturated rings. The van der Waals surface area contributed by atoms with Gasteiger partial charge in [-0.2, -0.15) is 0 Å². The van der Waals surface area contributed by atoms with Crippen LogP contribution in [0, 0.1) is 19.3 Å². The average Bonchev–Trinajstić information content (AvgIpc) is 3.13. The van der Waals surface area contributed by atoms with E-state index < -0.39 is 5.91 Å². The highest BCUT2D eigenvalue weighted by Gasteiger charge is 2.26. The molecule has 0 spiro atoms. The zero-order valence-electron chi connectivity index (χ0n) is 18.3. The second-order valence-corrected chi connectivity index (χ2v) is 9.10. The lowest BCUT2D eigenvalue weighted by molar-refractivity contribution is 0.101. The van der Waals surface area contributed by atoms with Crippen molar-refractivity contribution in [3.63, 3.8) is 0 Å². The fourth-order valence-electron chi connectivity index (χ4n) is 3.82. The number of amides is 1. The number of carbonyl (C=O) groups excluding carboxylic acids is 1. The lowest BCUT2D eigenvalue weighted by Crippen LogP contribution is -2.29. The van der Waals surface area contributed by atoms with E-state index in [1.54, 1.807) is 11.6 Å². The van der Waals surface area contributed by atoms with Gasteiger partial charge in [-0.25, -0.2) is 4.68 Å². The van der Waals surface area contributed by atoms with Crippen molar-refractivity contribution in [1.82, 2.24) is 14.5 Å². The van der Waals surface area contributed by atoms with E-state index in [1.165, 1.54) is 6.42 Å². The van der Waals surface area contributed by atoms with E-state index in [9.17, 15) is 9.59 Å². The molecule has 1 amide bonds. The standard InChI is InChI=1S/C22H32N4O3/c1-14-17(12-13-22(3,4)5)29-24-18(14)20(27)23-19-15(2)25(6)26(21(19)28)16-10-8-7-9-11-16/h12-13,16H,7-11H2,1-6H3,(H,23,27)/b13-12-. The Hall–Kier alpha value is -2.57. The van der Waals surface area contributed by atoms with Crippen LogP contribution in [0.4, 0.5) is 5.69 Å². The Bertz CT molecular complexity index is 979. The van der Waals surface area contributed by atoms with Crippen LogP contribution in [-0.2, 0) is 7.05 Å². The van der Waals surface area contributed by atoms with Crippen LogP contribution in [0.3, 0.4) is 0 Å². The summed E-state index contributed by atoms with van der Waals surface area (Å²) in [6.45, 7) is 9.89. The van der Waals surface area contributed by atoms with Gasteiger partial charge in [0.25, 0.3) is 11.5 Å². The molecule has 0 bridgehead atoms. The molecule has 0 aromatic carbocycles. The molecule has 0 radical (unpaired) electrons. The predicted molar refractivity (Wildman–Crippen MR) is 114 cm³/mol. The first kappa shape index (κ1) is 21.1. The van der Waals surface area contributed by atoms with Crippen molar-refractivity contribution in [3.8, 4) is 0 Å². The summed E-state index contributed by atoms with van der Waals surface area (Å²) in [5.74, 6) is 0.123. The van der Waals surface area contributed by atoms with E-state index in [-0.39, 0.29) is 22.7 Å². The van der Waals surface area contributed by atoms with Crippen LogP contribution in [0.15, 0.2) is 15.4 Å². The average molecular weight is 401 g/mol. The summed E-state index contributed by atoms with van der Waals surface area (Å²) >= 11 is 0. The van der Waals surface area contributed by atoms with Crippen LogP contribution >= 0.6 is 0 Å². The summed E-state index contributed by atoms with van der Waals surface area (Å²) in [5.41, 5.74) is 1.75. The molecule has 1 saturated carbocycles. The van der Waals surface area contributed by atoms with Gasteiger partial charge in [0.2, 0.25) is 0 Å². The van der Waals surface area contributed by atoms with Gasteiger partial charge in [0.05, 0.1) is 11.7 Å². The first-order valence-electron chi connectivity index (χ1n) is 10.3. The summed E-state index contributed by atoms with van der Waals surface area (Å²) in [7, 11) is 1.87. The molecule has 3 rings (SSSR count). The number of hydrogen-bond donors (Lipinski definition) is 1. The van der Waals surface area contributed by atoms with E-state index in [2.05, 4.69) is 31.2 Å². The van der Waals surface area contributed by atoms with E-state index in [0.29, 0.717) is 17.0 Å². The second-order valence-electron chi connectivity index (χ2n) is 9.10. The van der Waals surface area contributed by atoms with Gasteiger partial charge in [-0.3, -0.25) is 14.3 Å². The number of anilines is 1. The maximum absolute atomic E-state index is 13.1. The van der Waals surface area contributed by atoms with Crippen molar-refractivity contribution in [2.24, 2.45) is 12.5 Å². The number of nitrogens with zero attached hydrogens (tertiary/aromatic N) is 3. The minimum atomic E-state index is -0.428. The van der Waals surface area contributed by atoms with E-state index in [1.807, 2.05) is 30.8 Å². The van der Waals surface area contributed by atoms with Crippen LogP contribution in [-0.4, -0.2) is 20.4 Å². The van der Waals surface area contributed by atoms with Gasteiger partial charge in [0, 0.05) is 12.6 Å². The van der Waals surface area contributed by atoms with Gasteiger partial charge in [-0.15, -0.1) is 0 Å². The molecule has 7 heteroatoms. The smallest absolute Gasteiger partial charge is 0.291 e. The van der Waals surface area contributed by atoms with E-state index in [4.69, 9.17) is 4.52 Å². The Labute approximate surface area is 171 Å². The van der Waals surface area contributed by atoms with Crippen molar-refractivity contribution < 1.29 is 9.32 Å². The molecule has 0 saturated heterocycles. The molecule has 7 nitrogen and oxygen atoms in total. The molecule has 1 N–H and O–H groups in total. The quantitative estimate of drug-likeness (QED) is 0.812. The molecular weight excluding hydrogens is 368 g/mol. The van der Waals surface area contributed by atoms with Gasteiger partial charge < -0.3 is 9.84 Å². The first-order chi connectivity index (χ1) is 13.6. The molecule has 1 aliphatic rings. The number of carbonyl (C=O) groups is 1. The molecule has 0 aliphatic heterocycles. The minimum absolute atomic E-state index is 0.00694. The van der Waals surface area contributed by atoms with E-state index >= 15 is 0 Å². The van der Waals surface area contributed by atoms with Crippen LogP contribution in [0.1, 0.15) is 86.4 Å². The third kappa shape index (κ3) is 4.38. The fraction of sp³-hybridized carbons (Fsp3) is 0.591. The molecular formula is C22H32N4O3. The van der Waals surface area contributed by atoms with Gasteiger partial charge in [-0.05, 0) is 38.2 Å². The fourth-order valence-corrected chi connectivity index (χ4v) is 3.82. The van der Waals surface area contributed by atoms with Crippen molar-refractivity contribution in [2.45, 2.75) is 72.8 Å². The third-order valence-corrected chi connectivity index (χ3v) is 5.66. The number of hydrogen-bond acceptors (Lipinski definition) is 4. The highest BCUT2D eigenvalue weighted by Crippen LogP contribution is 2.28. The molecule has 29 heavy (non-hydrogen) atoms. The predicted octanol–water partition coefficient (Wildman–Crippen LogP) is 4.61. The van der Waals surface area contributed by atoms with E-state index in [0.717, 1.165) is 31.4 Å². The van der Waals surface area contributed by atoms with Gasteiger partial charge in [0.1, 0.15) is 5.69 Å². The van der Waals surface area contributed by atoms with Crippen molar-refractivity contribution in [1.29, 1.82) is 0 Å². The molecule has 2 aromatic rings. The Balaban J connectivity index is 1.86. The number of nitrogens with one attached hydrogen (secondary N) is 1. The minimum Gasteiger partial charge on any atom is -0.356 e. The second kappa shape index (κ2) is 8.05. The third-order valence-electron chi connectivity index (χ3n) is 5.66. The normalized spacial score (nSPS) is 15.9. The summed E-state index contributed by atoms with van der Waals surface area (Å²) in [4.78, 5) is 25.9. The summed E-state index contributed by atoms with van der Waals surface area (Å²) in [6, 6.07) is 0.188. The largest absolute Gasteiger partial charge is 0.356 e. The molecule has 0 unspecified atom stereocenters. The number of aromatic nitrogens is 3. The Morgan fingerprint density at radius 2 is 1.86 bits per heavy atom. The molecule has 2 heterocycles. The highest BCUT2D eigenvalue weighted by atomic mass is 16.5. The monoisotopic (exact) mass is 400 g/mol. The van der Waals surface area contributed by atoms with Crippen LogP contribution < -0.4 is 10.9 Å². The van der Waals surface area contributed by atoms with Gasteiger partial charge in [0.15, 0.2) is 11.5 Å². The lowest BCUT2D eigenvalue weighted by atomic mass is 9.96. The zero-order chi connectivity index (χ0) is 21.3. The number of allylic oxidation sites excluding steroid dienone is 1. The van der Waals surface area contributed by atoms with Crippen molar-refractivity contribution >= 4 is 17.7 Å². The van der Waals surface area contributed by atoms with Gasteiger partial charge >= 0.3 is 0 Å². The summed E-state index contributed by atoms with van der Waals surface area (Å²) in [5, 5.41) is 6.72. The number of rotatable bonds is 4. The van der Waals surface area contributed by atoms with Gasteiger partial charge in [-0.1, -0.05) is 51.3 Å². The Kier molecular flexibility index (Phi) is 5.87. The molecule has 158 valence electrons. The van der Waals surface area contributed by atoms with Crippen molar-refractivity contribution in [2.75, 3.05) is 5.32 Å². The summed E-state index contributed by atoms with van der Waals surface area (Å²) in [6.07, 6.45) is 9.32. The van der Waals surface area contributed by atoms with Crippen LogP contribution in [0.5, 0.6) is 0 Å². The maximum atomic E-state index is 13.1. The highest BCUT2D eigenvalue weighted by molar-refractivity contribution is 6.04. The SMILES string of the molecule is Cc1c(C(=O)Nc2c(C)n(C)n(C3CCCCC3)c2=O)noc1/C=C\C(C)(C)C. The first-order valence-corrected chi connectivity index (χ1v) is 10.3. The Morgan fingerprint density at radius 3 is 2.48 bits per heavy atom. The summed E-state index contributed by atoms with van der Waals surface area (Å²) < 4.78 is 9.00. The Morgan fingerprint density at radius 1 is 1.21 bits per heavy atom. The molecule has 0 atom stereocenters. The lowest BCUT2D eigenvalue weighted by Gasteiger charge is -2.24. The van der Waals surface area contributed by atoms with Crippen LogP contribution in [0.2, 0.25) is 0 Å². The maximum Gasteiger partial charge on any atom is 0.291 e.